The van der Waals surface area contributed by atoms with E-state index >= 15 is 0 Å². The van der Waals surface area contributed by atoms with Gasteiger partial charge >= 0.3 is 0 Å². The lowest BCUT2D eigenvalue weighted by Gasteiger charge is -2.33. The summed E-state index contributed by atoms with van der Waals surface area (Å²) in [5, 5.41) is 3.05. The SMILES string of the molecule is O=C(NC[C@H](c1ccco1)N1CCCCC1)c1ccc(Br)s1. The summed E-state index contributed by atoms with van der Waals surface area (Å²) >= 11 is 4.84. The van der Waals surface area contributed by atoms with Gasteiger partial charge in [0, 0.05) is 6.54 Å². The molecular weight excluding hydrogens is 364 g/mol. The van der Waals surface area contributed by atoms with Crippen LogP contribution < -0.4 is 5.32 Å². The van der Waals surface area contributed by atoms with Crippen molar-refractivity contribution in [2.45, 2.75) is 25.3 Å². The monoisotopic (exact) mass is 382 g/mol. The van der Waals surface area contributed by atoms with Crippen molar-refractivity contribution in [3.8, 4) is 0 Å². The van der Waals surface area contributed by atoms with Gasteiger partial charge in [0.2, 0.25) is 0 Å². The van der Waals surface area contributed by atoms with Gasteiger partial charge in [0.25, 0.3) is 5.91 Å². The summed E-state index contributed by atoms with van der Waals surface area (Å²) in [5.41, 5.74) is 0. The number of thiophene rings is 1. The van der Waals surface area contributed by atoms with Gasteiger partial charge in [0.15, 0.2) is 0 Å². The zero-order chi connectivity index (χ0) is 15.4. The van der Waals surface area contributed by atoms with Crippen molar-refractivity contribution in [3.05, 3.63) is 45.0 Å². The molecule has 1 N–H and O–H groups in total. The standard InChI is InChI=1S/C16H19BrN2O2S/c17-15-7-6-14(22-15)16(20)18-11-12(13-5-4-10-21-13)19-8-2-1-3-9-19/h4-7,10,12H,1-3,8-9,11H2,(H,18,20)/t12-/m1/s1. The van der Waals surface area contributed by atoms with Crippen molar-refractivity contribution in [1.82, 2.24) is 10.2 Å². The number of piperidine rings is 1. The van der Waals surface area contributed by atoms with Crippen molar-refractivity contribution >= 4 is 33.2 Å². The van der Waals surface area contributed by atoms with Crippen LogP contribution in [0.5, 0.6) is 0 Å². The number of rotatable bonds is 5. The van der Waals surface area contributed by atoms with Crippen LogP contribution in [0.25, 0.3) is 0 Å². The average Bonchev–Trinajstić information content (AvgIpc) is 3.20. The molecule has 0 unspecified atom stereocenters. The molecule has 2 aromatic heterocycles. The first-order valence-corrected chi connectivity index (χ1v) is 9.16. The molecule has 0 saturated carbocycles. The Balaban J connectivity index is 1.66. The third-order valence-electron chi connectivity index (χ3n) is 3.96. The van der Waals surface area contributed by atoms with E-state index in [-0.39, 0.29) is 11.9 Å². The second-order valence-corrected chi connectivity index (χ2v) is 7.90. The Labute approximate surface area is 142 Å². The van der Waals surface area contributed by atoms with Crippen LogP contribution in [0.2, 0.25) is 0 Å². The molecule has 1 fully saturated rings. The number of furan rings is 1. The van der Waals surface area contributed by atoms with Crippen LogP contribution in [0.3, 0.4) is 0 Å². The molecule has 0 aliphatic carbocycles. The molecule has 3 rings (SSSR count). The molecule has 118 valence electrons. The maximum Gasteiger partial charge on any atom is 0.261 e. The highest BCUT2D eigenvalue weighted by molar-refractivity contribution is 9.11. The molecular formula is C16H19BrN2O2S. The maximum atomic E-state index is 12.2. The van der Waals surface area contributed by atoms with Crippen LogP contribution in [0.15, 0.2) is 38.7 Å². The third-order valence-corrected chi connectivity index (χ3v) is 5.58. The lowest BCUT2D eigenvalue weighted by Crippen LogP contribution is -2.40. The highest BCUT2D eigenvalue weighted by Crippen LogP contribution is 2.25. The molecule has 1 saturated heterocycles. The van der Waals surface area contributed by atoms with Gasteiger partial charge in [-0.3, -0.25) is 9.69 Å². The lowest BCUT2D eigenvalue weighted by atomic mass is 10.1. The Morgan fingerprint density at radius 3 is 2.77 bits per heavy atom. The fraction of sp³-hybridized carbons (Fsp3) is 0.438. The summed E-state index contributed by atoms with van der Waals surface area (Å²) in [4.78, 5) is 15.4. The van der Waals surface area contributed by atoms with Gasteiger partial charge in [0.1, 0.15) is 5.76 Å². The van der Waals surface area contributed by atoms with Crippen LogP contribution in [0, 0.1) is 0 Å². The van der Waals surface area contributed by atoms with E-state index in [0.717, 1.165) is 27.5 Å². The van der Waals surface area contributed by atoms with Crippen LogP contribution in [0.4, 0.5) is 0 Å². The molecule has 1 aliphatic heterocycles. The first-order chi connectivity index (χ1) is 10.7. The molecule has 6 heteroatoms. The number of nitrogens with one attached hydrogen (secondary N) is 1. The molecule has 0 bridgehead atoms. The van der Waals surface area contributed by atoms with Crippen molar-refractivity contribution in [2.75, 3.05) is 19.6 Å². The van der Waals surface area contributed by atoms with E-state index in [1.54, 1.807) is 6.26 Å². The quantitative estimate of drug-likeness (QED) is 0.847. The Hall–Kier alpha value is -1.11. The van der Waals surface area contributed by atoms with Gasteiger partial charge in [0.05, 0.1) is 21.0 Å². The second kappa shape index (κ2) is 7.44. The topological polar surface area (TPSA) is 45.5 Å². The van der Waals surface area contributed by atoms with Crippen molar-refractivity contribution in [3.63, 3.8) is 0 Å². The van der Waals surface area contributed by atoms with Crippen LogP contribution in [-0.2, 0) is 0 Å². The van der Waals surface area contributed by atoms with Gasteiger partial charge in [-0.2, -0.15) is 0 Å². The fourth-order valence-electron chi connectivity index (χ4n) is 2.83. The van der Waals surface area contributed by atoms with Crippen LogP contribution in [0.1, 0.15) is 40.7 Å². The van der Waals surface area contributed by atoms with E-state index in [4.69, 9.17) is 4.42 Å². The number of carbonyl (C=O) groups excluding carboxylic acids is 1. The number of carbonyl (C=O) groups is 1. The minimum absolute atomic E-state index is 0.0238. The molecule has 0 aromatic carbocycles. The Morgan fingerprint density at radius 2 is 2.14 bits per heavy atom. The first-order valence-electron chi connectivity index (χ1n) is 7.55. The summed E-state index contributed by atoms with van der Waals surface area (Å²) in [6.07, 6.45) is 5.41. The van der Waals surface area contributed by atoms with Gasteiger partial charge < -0.3 is 9.73 Å². The zero-order valence-corrected chi connectivity index (χ0v) is 14.7. The Bertz CT molecular complexity index is 605. The molecule has 0 spiro atoms. The van der Waals surface area contributed by atoms with Crippen molar-refractivity contribution in [1.29, 1.82) is 0 Å². The van der Waals surface area contributed by atoms with E-state index in [1.807, 2.05) is 24.3 Å². The maximum absolute atomic E-state index is 12.2. The molecule has 4 nitrogen and oxygen atoms in total. The molecule has 22 heavy (non-hydrogen) atoms. The second-order valence-electron chi connectivity index (χ2n) is 5.44. The number of hydrogen-bond acceptors (Lipinski definition) is 4. The van der Waals surface area contributed by atoms with Gasteiger partial charge in [-0.15, -0.1) is 11.3 Å². The zero-order valence-electron chi connectivity index (χ0n) is 12.3. The first kappa shape index (κ1) is 15.8. The van der Waals surface area contributed by atoms with E-state index in [2.05, 4.69) is 26.1 Å². The fourth-order valence-corrected chi connectivity index (χ4v) is 4.14. The number of likely N-dealkylation sites (tertiary alicyclic amines) is 1. The number of nitrogens with zero attached hydrogens (tertiary/aromatic N) is 1. The molecule has 2 aromatic rings. The minimum atomic E-state index is -0.0238. The summed E-state index contributed by atoms with van der Waals surface area (Å²) in [6.45, 7) is 2.69. The molecule has 1 atom stereocenters. The van der Waals surface area contributed by atoms with Crippen molar-refractivity contribution < 1.29 is 9.21 Å². The van der Waals surface area contributed by atoms with Crippen molar-refractivity contribution in [2.24, 2.45) is 0 Å². The normalized spacial score (nSPS) is 17.3. The van der Waals surface area contributed by atoms with E-state index < -0.39 is 0 Å². The van der Waals surface area contributed by atoms with Gasteiger partial charge in [-0.25, -0.2) is 0 Å². The molecule has 3 heterocycles. The summed E-state index contributed by atoms with van der Waals surface area (Å²) in [6, 6.07) is 7.75. The summed E-state index contributed by atoms with van der Waals surface area (Å²) < 4.78 is 6.56. The predicted molar refractivity (Wildman–Crippen MR) is 91.2 cm³/mol. The predicted octanol–water partition coefficient (Wildman–Crippen LogP) is 4.06. The average molecular weight is 383 g/mol. The van der Waals surface area contributed by atoms with E-state index in [9.17, 15) is 4.79 Å². The number of hydrogen-bond donors (Lipinski definition) is 1. The van der Waals surface area contributed by atoms with Crippen LogP contribution in [-0.4, -0.2) is 30.4 Å². The van der Waals surface area contributed by atoms with Gasteiger partial charge in [-0.1, -0.05) is 6.42 Å². The Kier molecular flexibility index (Phi) is 5.33. The summed E-state index contributed by atoms with van der Waals surface area (Å²) in [5.74, 6) is 0.902. The highest BCUT2D eigenvalue weighted by Gasteiger charge is 2.25. The smallest absolute Gasteiger partial charge is 0.261 e. The molecule has 0 radical (unpaired) electrons. The van der Waals surface area contributed by atoms with Crippen LogP contribution >= 0.6 is 27.3 Å². The minimum Gasteiger partial charge on any atom is -0.468 e. The van der Waals surface area contributed by atoms with E-state index in [0.29, 0.717) is 6.54 Å². The summed E-state index contributed by atoms with van der Waals surface area (Å²) in [7, 11) is 0. The molecule has 1 amide bonds. The third kappa shape index (κ3) is 3.80. The van der Waals surface area contributed by atoms with Gasteiger partial charge in [-0.05, 0) is 66.1 Å². The highest BCUT2D eigenvalue weighted by atomic mass is 79.9. The molecule has 1 aliphatic rings. The number of amides is 1. The van der Waals surface area contributed by atoms with E-state index in [1.165, 1.54) is 30.6 Å². The Morgan fingerprint density at radius 1 is 1.32 bits per heavy atom. The number of halogens is 1. The largest absolute Gasteiger partial charge is 0.468 e. The lowest BCUT2D eigenvalue weighted by molar-refractivity contribution is 0.0918.